The zero-order valence-electron chi connectivity index (χ0n) is 33.9. The molecular formula is C43H51N3O12. The molecule has 1 aromatic heterocycles. The van der Waals surface area contributed by atoms with Crippen LogP contribution in [0.2, 0.25) is 0 Å². The van der Waals surface area contributed by atoms with E-state index in [2.05, 4.69) is 15.3 Å². The van der Waals surface area contributed by atoms with Crippen molar-refractivity contribution in [2.45, 2.75) is 85.6 Å². The van der Waals surface area contributed by atoms with Crippen molar-refractivity contribution in [1.29, 1.82) is 0 Å². The molecule has 15 nitrogen and oxygen atoms in total. The quantitative estimate of drug-likeness (QED) is 0.0783. The van der Waals surface area contributed by atoms with Crippen LogP contribution < -0.4 is 10.1 Å². The predicted octanol–water partition coefficient (Wildman–Crippen LogP) is 5.90. The molecule has 0 radical (unpaired) electrons. The average molecular weight is 802 g/mol. The molecule has 3 aliphatic heterocycles. The molecule has 3 aliphatic rings. The van der Waals surface area contributed by atoms with E-state index in [0.29, 0.717) is 0 Å². The Morgan fingerprint density at radius 1 is 0.966 bits per heavy atom. The molecule has 6 N–H and O–H groups in total. The number of Topliss-reactive ketones (excluding diaryl/α,β-unsaturated/α-hetero) is 1. The smallest absolute Gasteiger partial charge is 0.312 e. The van der Waals surface area contributed by atoms with Gasteiger partial charge in [-0.1, -0.05) is 52.0 Å². The van der Waals surface area contributed by atoms with Crippen molar-refractivity contribution in [2.24, 2.45) is 28.7 Å². The molecule has 58 heavy (non-hydrogen) atoms. The number of nitrogens with zero attached hydrogens (tertiary/aromatic N) is 2. The Balaban J connectivity index is 1.73. The number of amides is 1. The second-order valence-electron chi connectivity index (χ2n) is 15.1. The van der Waals surface area contributed by atoms with Crippen LogP contribution in [-0.4, -0.2) is 91.7 Å². The summed E-state index contributed by atoms with van der Waals surface area (Å²) in [5.41, 5.74) is -0.574. The lowest BCUT2D eigenvalue weighted by molar-refractivity contribution is -0.160. The standard InChI is InChI=1S/C43H51N3O12/c1-20-13-12-14-21(2)42(54)46-33-27(19-45-29-15-10-11-17-44-29)37(51)30-31(38(33)52)36(50)25(6)40-32(30)41(53)43(8,58-40)56-18-16-28(55-9)22(3)39(57-26(7)47)24(5)35(49)23(4)34(20)48/h10-20,22-24,28,34-35,39,48-52H,1-9H3,(H,46,54)/b13-12+,18-16+,21-14+,45-19+/t20-,22+,23+,24+,28-,34-,35+,39+,43-/m0/s1. The Morgan fingerprint density at radius 2 is 1.67 bits per heavy atom. The third-order valence-corrected chi connectivity index (χ3v) is 11.0. The maximum Gasteiger partial charge on any atom is 0.312 e. The summed E-state index contributed by atoms with van der Waals surface area (Å²) >= 11 is 0. The zero-order valence-corrected chi connectivity index (χ0v) is 33.9. The highest BCUT2D eigenvalue weighted by Gasteiger charge is 2.50. The van der Waals surface area contributed by atoms with Crippen LogP contribution in [0.25, 0.3) is 10.8 Å². The molecule has 0 spiro atoms. The molecule has 5 bridgehead atoms. The van der Waals surface area contributed by atoms with Crippen LogP contribution in [0.15, 0.2) is 65.5 Å². The number of aliphatic imine (C=N–C) groups is 1. The van der Waals surface area contributed by atoms with E-state index in [1.165, 1.54) is 59.4 Å². The van der Waals surface area contributed by atoms with Crippen molar-refractivity contribution in [3.8, 4) is 23.0 Å². The maximum absolute atomic E-state index is 14.4. The fourth-order valence-electron chi connectivity index (χ4n) is 7.43. The molecule has 0 saturated heterocycles. The molecule has 15 heteroatoms. The highest BCUT2D eigenvalue weighted by Crippen LogP contribution is 2.55. The number of hydrogen-bond acceptors (Lipinski definition) is 14. The molecule has 9 atom stereocenters. The van der Waals surface area contributed by atoms with Gasteiger partial charge in [-0.25, -0.2) is 9.98 Å². The number of benzene rings is 2. The van der Waals surface area contributed by atoms with Crippen molar-refractivity contribution >= 4 is 46.2 Å². The van der Waals surface area contributed by atoms with Gasteiger partial charge in [0.25, 0.3) is 11.7 Å². The maximum atomic E-state index is 14.4. The number of hydrogen-bond donors (Lipinski definition) is 6. The van der Waals surface area contributed by atoms with Crippen LogP contribution in [-0.2, 0) is 23.8 Å². The van der Waals surface area contributed by atoms with Crippen LogP contribution in [0.5, 0.6) is 23.0 Å². The second-order valence-corrected chi connectivity index (χ2v) is 15.1. The summed E-state index contributed by atoms with van der Waals surface area (Å²) in [4.78, 5) is 48.8. The number of esters is 1. The normalized spacial score (nSPS) is 30.4. The van der Waals surface area contributed by atoms with Gasteiger partial charge in [0, 0.05) is 73.6 Å². The number of phenols is 3. The number of nitrogens with one attached hydrogen (secondary N) is 1. The summed E-state index contributed by atoms with van der Waals surface area (Å²) in [6.07, 6.45) is 6.10. The van der Waals surface area contributed by atoms with Crippen LogP contribution >= 0.6 is 0 Å². The van der Waals surface area contributed by atoms with Gasteiger partial charge in [-0.15, -0.1) is 0 Å². The Morgan fingerprint density at radius 3 is 2.31 bits per heavy atom. The number of ether oxygens (including phenoxy) is 4. The molecule has 0 saturated carbocycles. The van der Waals surface area contributed by atoms with Gasteiger partial charge in [0.15, 0.2) is 11.6 Å². The summed E-state index contributed by atoms with van der Waals surface area (Å²) in [5.74, 6) is -8.40. The molecule has 0 aliphatic carbocycles. The Kier molecular flexibility index (Phi) is 13.0. The number of ketones is 1. The van der Waals surface area contributed by atoms with E-state index in [9.17, 15) is 39.9 Å². The predicted molar refractivity (Wildman–Crippen MR) is 215 cm³/mol. The highest BCUT2D eigenvalue weighted by molar-refractivity contribution is 6.24. The van der Waals surface area contributed by atoms with Crippen LogP contribution in [0.1, 0.15) is 70.0 Å². The minimum Gasteiger partial charge on any atom is -0.507 e. The number of phenolic OH excluding ortho intramolecular Hbond substituents is 3. The topological polar surface area (TPSA) is 227 Å². The van der Waals surface area contributed by atoms with Crippen molar-refractivity contribution in [2.75, 3.05) is 12.4 Å². The number of allylic oxidation sites excluding steroid dienone is 2. The highest BCUT2D eigenvalue weighted by atomic mass is 16.7. The first-order chi connectivity index (χ1) is 27.3. The van der Waals surface area contributed by atoms with E-state index in [0.717, 1.165) is 6.21 Å². The first-order valence-corrected chi connectivity index (χ1v) is 18.9. The molecule has 0 unspecified atom stereocenters. The van der Waals surface area contributed by atoms with Gasteiger partial charge in [-0.2, -0.15) is 0 Å². The number of aromatic hydroxyl groups is 3. The number of fused-ring (bicyclic) bond motifs is 14. The molecule has 3 aromatic rings. The number of carbonyl (C=O) groups is 3. The number of carbonyl (C=O) groups excluding carboxylic acids is 3. The van der Waals surface area contributed by atoms with E-state index >= 15 is 0 Å². The number of aliphatic hydroxyl groups is 2. The Hall–Kier alpha value is -5.77. The van der Waals surface area contributed by atoms with E-state index < -0.39 is 88.8 Å². The summed E-state index contributed by atoms with van der Waals surface area (Å²) in [6.45, 7) is 12.4. The van der Waals surface area contributed by atoms with Gasteiger partial charge in [-0.05, 0) is 32.1 Å². The second kappa shape index (κ2) is 17.4. The van der Waals surface area contributed by atoms with Crippen LogP contribution in [0, 0.1) is 30.6 Å². The Bertz CT molecular complexity index is 2200. The van der Waals surface area contributed by atoms with Crippen molar-refractivity contribution in [3.63, 3.8) is 0 Å². The van der Waals surface area contributed by atoms with E-state index in [1.807, 2.05) is 0 Å². The van der Waals surface area contributed by atoms with Crippen molar-refractivity contribution in [1.82, 2.24) is 4.98 Å². The number of rotatable bonds is 4. The summed E-state index contributed by atoms with van der Waals surface area (Å²) in [7, 11) is 1.43. The molecule has 1 amide bonds. The first kappa shape index (κ1) is 43.4. The number of aliphatic hydroxyl groups excluding tert-OH is 2. The van der Waals surface area contributed by atoms with Crippen molar-refractivity contribution in [3.05, 3.63) is 77.2 Å². The summed E-state index contributed by atoms with van der Waals surface area (Å²) in [6, 6.07) is 4.95. The summed E-state index contributed by atoms with van der Waals surface area (Å²) < 4.78 is 23.5. The minimum absolute atomic E-state index is 0.0338. The van der Waals surface area contributed by atoms with Gasteiger partial charge in [0.2, 0.25) is 0 Å². The molecule has 6 rings (SSSR count). The van der Waals surface area contributed by atoms with E-state index in [4.69, 9.17) is 18.9 Å². The lowest BCUT2D eigenvalue weighted by atomic mass is 9.78. The largest absolute Gasteiger partial charge is 0.507 e. The average Bonchev–Trinajstić information content (AvgIpc) is 3.46. The zero-order chi connectivity index (χ0) is 42.8. The van der Waals surface area contributed by atoms with E-state index in [1.54, 1.807) is 58.0 Å². The Labute approximate surface area is 336 Å². The third-order valence-electron chi connectivity index (χ3n) is 11.0. The number of pyridine rings is 1. The van der Waals surface area contributed by atoms with Gasteiger partial charge in [0.1, 0.15) is 23.4 Å². The van der Waals surface area contributed by atoms with Gasteiger partial charge < -0.3 is 49.8 Å². The number of methoxy groups -OCH3 is 1. The fourth-order valence-corrected chi connectivity index (χ4v) is 7.43. The first-order valence-electron chi connectivity index (χ1n) is 18.9. The fraction of sp³-hybridized carbons (Fsp3) is 0.419. The molecule has 4 heterocycles. The van der Waals surface area contributed by atoms with Gasteiger partial charge in [-0.3, -0.25) is 14.4 Å². The summed E-state index contributed by atoms with van der Waals surface area (Å²) in [5, 5.41) is 60.2. The number of anilines is 1. The SMILES string of the molecule is CO[C@H]1/C=C/O[C@@]2(C)Oc3c(C)c(O)c4c(O)c(c(/C=N/c5ccccn5)c(O)c4c3C2=O)NC(=O)/C(C)=C/C=C/[C@H](C)[C@H](O)[C@@H](C)[C@@H](O)[C@@H](C)[C@H](OC(C)=O)[C@@H]1C. The van der Waals surface area contributed by atoms with Crippen LogP contribution in [0.4, 0.5) is 11.5 Å². The van der Waals surface area contributed by atoms with Crippen molar-refractivity contribution < 1.29 is 58.9 Å². The minimum atomic E-state index is -2.06. The molecule has 2 aromatic carbocycles. The number of aromatic nitrogens is 1. The lowest BCUT2D eigenvalue weighted by Gasteiger charge is -2.38. The molecular weight excluding hydrogens is 750 g/mol. The monoisotopic (exact) mass is 801 g/mol. The van der Waals surface area contributed by atoms with Crippen LogP contribution in [0.3, 0.4) is 0 Å². The molecule has 310 valence electrons. The molecule has 0 fully saturated rings. The lowest BCUT2D eigenvalue weighted by Crippen LogP contribution is -2.46. The van der Waals surface area contributed by atoms with E-state index in [-0.39, 0.29) is 50.3 Å². The third kappa shape index (κ3) is 8.28. The van der Waals surface area contributed by atoms with Gasteiger partial charge >= 0.3 is 11.8 Å². The van der Waals surface area contributed by atoms with Gasteiger partial charge in [0.05, 0.1) is 46.8 Å².